The summed E-state index contributed by atoms with van der Waals surface area (Å²) in [6.45, 7) is 1.00. The summed E-state index contributed by atoms with van der Waals surface area (Å²) in [6.07, 6.45) is -1.81. The van der Waals surface area contributed by atoms with Gasteiger partial charge in [-0.15, -0.1) is 0 Å². The Morgan fingerprint density at radius 3 is 2.75 bits per heavy atom. The van der Waals surface area contributed by atoms with Crippen molar-refractivity contribution in [2.24, 2.45) is 5.73 Å². The third-order valence-corrected chi connectivity index (χ3v) is 3.58. The fraction of sp³-hybridized carbons (Fsp3) is 0.500. The van der Waals surface area contributed by atoms with Crippen molar-refractivity contribution < 1.29 is 18.0 Å². The number of benzene rings is 1. The van der Waals surface area contributed by atoms with E-state index >= 15 is 0 Å². The van der Waals surface area contributed by atoms with Crippen molar-refractivity contribution in [2.45, 2.75) is 38.0 Å². The number of amides is 1. The second kappa shape index (κ2) is 5.83. The lowest BCUT2D eigenvalue weighted by atomic mass is 10.0. The summed E-state index contributed by atoms with van der Waals surface area (Å²) in [4.78, 5) is 13.2. The van der Waals surface area contributed by atoms with E-state index in [1.165, 1.54) is 6.07 Å². The second-order valence-corrected chi connectivity index (χ2v) is 5.08. The molecule has 0 aliphatic carbocycles. The van der Waals surface area contributed by atoms with Crippen LogP contribution >= 0.6 is 0 Å². The fourth-order valence-corrected chi connectivity index (χ4v) is 2.58. The minimum Gasteiger partial charge on any atom is -0.368 e. The molecule has 1 unspecified atom stereocenters. The van der Waals surface area contributed by atoms with E-state index in [-0.39, 0.29) is 6.04 Å². The Kier molecular flexibility index (Phi) is 4.32. The highest BCUT2D eigenvalue weighted by Crippen LogP contribution is 2.30. The number of piperidine rings is 1. The van der Waals surface area contributed by atoms with Crippen LogP contribution in [0, 0.1) is 0 Å². The number of carbonyl (C=O) groups excluding carboxylic acids is 1. The van der Waals surface area contributed by atoms with Gasteiger partial charge < -0.3 is 5.73 Å². The molecule has 1 saturated heterocycles. The third kappa shape index (κ3) is 3.50. The van der Waals surface area contributed by atoms with Gasteiger partial charge in [-0.1, -0.05) is 24.6 Å². The average molecular weight is 286 g/mol. The van der Waals surface area contributed by atoms with Crippen molar-refractivity contribution in [1.29, 1.82) is 0 Å². The average Bonchev–Trinajstić information content (AvgIpc) is 2.38. The summed E-state index contributed by atoms with van der Waals surface area (Å²) < 4.78 is 38.0. The lowest BCUT2D eigenvalue weighted by Crippen LogP contribution is -2.47. The Hall–Kier alpha value is -1.56. The van der Waals surface area contributed by atoms with Gasteiger partial charge >= 0.3 is 6.18 Å². The molecule has 20 heavy (non-hydrogen) atoms. The van der Waals surface area contributed by atoms with E-state index < -0.39 is 17.6 Å². The largest absolute Gasteiger partial charge is 0.416 e. The summed E-state index contributed by atoms with van der Waals surface area (Å²) >= 11 is 0. The summed E-state index contributed by atoms with van der Waals surface area (Å²) in [7, 11) is 0. The molecule has 6 heteroatoms. The van der Waals surface area contributed by atoms with Gasteiger partial charge in [-0.2, -0.15) is 13.2 Å². The topological polar surface area (TPSA) is 46.3 Å². The molecule has 1 aromatic carbocycles. The van der Waals surface area contributed by atoms with Gasteiger partial charge in [0.15, 0.2) is 0 Å². The van der Waals surface area contributed by atoms with E-state index in [1.807, 2.05) is 4.90 Å². The number of nitrogens with zero attached hydrogens (tertiary/aromatic N) is 1. The number of primary amides is 1. The molecule has 1 aliphatic rings. The van der Waals surface area contributed by atoms with Crippen LogP contribution in [0.1, 0.15) is 30.4 Å². The zero-order chi connectivity index (χ0) is 14.8. The molecule has 1 aliphatic heterocycles. The lowest BCUT2D eigenvalue weighted by Gasteiger charge is -2.33. The minimum atomic E-state index is -4.35. The maximum absolute atomic E-state index is 12.7. The first-order chi connectivity index (χ1) is 9.38. The van der Waals surface area contributed by atoms with Gasteiger partial charge in [0, 0.05) is 6.54 Å². The molecule has 110 valence electrons. The van der Waals surface area contributed by atoms with Crippen LogP contribution in [0.5, 0.6) is 0 Å². The SMILES string of the molecule is NC(=O)C1CCCCN1Cc1cccc(C(F)(F)F)c1. The maximum atomic E-state index is 12.7. The minimum absolute atomic E-state index is 0.317. The molecule has 1 fully saturated rings. The molecule has 0 radical (unpaired) electrons. The molecule has 2 rings (SSSR count). The zero-order valence-electron chi connectivity index (χ0n) is 11.0. The van der Waals surface area contributed by atoms with E-state index in [9.17, 15) is 18.0 Å². The predicted octanol–water partition coefficient (Wildman–Crippen LogP) is 2.55. The van der Waals surface area contributed by atoms with Crippen LogP contribution in [0.4, 0.5) is 13.2 Å². The first kappa shape index (κ1) is 14.8. The third-order valence-electron chi connectivity index (χ3n) is 3.58. The van der Waals surface area contributed by atoms with Crippen LogP contribution < -0.4 is 5.73 Å². The number of rotatable bonds is 3. The Bertz CT molecular complexity index is 488. The maximum Gasteiger partial charge on any atom is 0.416 e. The van der Waals surface area contributed by atoms with E-state index in [1.54, 1.807) is 6.07 Å². The van der Waals surface area contributed by atoms with Crippen molar-refractivity contribution in [3.05, 3.63) is 35.4 Å². The fourth-order valence-electron chi connectivity index (χ4n) is 2.58. The Morgan fingerprint density at radius 1 is 1.35 bits per heavy atom. The molecule has 1 amide bonds. The van der Waals surface area contributed by atoms with Gasteiger partial charge in [0.25, 0.3) is 0 Å². The molecule has 0 spiro atoms. The van der Waals surface area contributed by atoms with Gasteiger partial charge in [-0.25, -0.2) is 0 Å². The molecule has 0 bridgehead atoms. The number of nitrogens with two attached hydrogens (primary N) is 1. The number of hydrogen-bond donors (Lipinski definition) is 1. The molecule has 2 N–H and O–H groups in total. The number of likely N-dealkylation sites (tertiary alicyclic amines) is 1. The lowest BCUT2D eigenvalue weighted by molar-refractivity contribution is -0.137. The van der Waals surface area contributed by atoms with Gasteiger partial charge in [-0.05, 0) is 31.0 Å². The predicted molar refractivity (Wildman–Crippen MR) is 68.7 cm³/mol. The second-order valence-electron chi connectivity index (χ2n) is 5.08. The summed E-state index contributed by atoms with van der Waals surface area (Å²) in [6, 6.07) is 4.83. The van der Waals surface area contributed by atoms with Crippen molar-refractivity contribution in [3.8, 4) is 0 Å². The molecule has 1 atom stereocenters. The van der Waals surface area contributed by atoms with Crippen LogP contribution in [0.3, 0.4) is 0 Å². The van der Waals surface area contributed by atoms with E-state index in [0.29, 0.717) is 25.1 Å². The molecule has 1 heterocycles. The molecule has 0 saturated carbocycles. The van der Waals surface area contributed by atoms with Crippen molar-refractivity contribution >= 4 is 5.91 Å². The normalized spacial score (nSPS) is 20.9. The number of alkyl halides is 3. The van der Waals surface area contributed by atoms with Gasteiger partial charge in [0.05, 0.1) is 11.6 Å². The summed E-state index contributed by atoms with van der Waals surface area (Å²) in [5, 5.41) is 0. The van der Waals surface area contributed by atoms with Crippen LogP contribution in [0.15, 0.2) is 24.3 Å². The first-order valence-electron chi connectivity index (χ1n) is 6.57. The van der Waals surface area contributed by atoms with E-state index in [4.69, 9.17) is 5.73 Å². The van der Waals surface area contributed by atoms with E-state index in [2.05, 4.69) is 0 Å². The Labute approximate surface area is 115 Å². The van der Waals surface area contributed by atoms with E-state index in [0.717, 1.165) is 25.0 Å². The van der Waals surface area contributed by atoms with Crippen molar-refractivity contribution in [3.63, 3.8) is 0 Å². The molecule has 3 nitrogen and oxygen atoms in total. The zero-order valence-corrected chi connectivity index (χ0v) is 11.0. The van der Waals surface area contributed by atoms with Crippen LogP contribution in [-0.2, 0) is 17.5 Å². The Balaban J connectivity index is 2.14. The smallest absolute Gasteiger partial charge is 0.368 e. The van der Waals surface area contributed by atoms with Crippen LogP contribution in [0.2, 0.25) is 0 Å². The number of hydrogen-bond acceptors (Lipinski definition) is 2. The van der Waals surface area contributed by atoms with Gasteiger partial charge in [0.2, 0.25) is 5.91 Å². The highest BCUT2D eigenvalue weighted by molar-refractivity contribution is 5.79. The summed E-state index contributed by atoms with van der Waals surface area (Å²) in [5.74, 6) is -0.406. The Morgan fingerprint density at radius 2 is 2.10 bits per heavy atom. The summed E-state index contributed by atoms with van der Waals surface area (Å²) in [5.41, 5.74) is 5.23. The first-order valence-corrected chi connectivity index (χ1v) is 6.57. The molecule has 1 aromatic rings. The highest BCUT2D eigenvalue weighted by Gasteiger charge is 2.31. The van der Waals surface area contributed by atoms with Crippen molar-refractivity contribution in [1.82, 2.24) is 4.90 Å². The molecular formula is C14H17F3N2O. The van der Waals surface area contributed by atoms with Gasteiger partial charge in [-0.3, -0.25) is 9.69 Å². The quantitative estimate of drug-likeness (QED) is 0.928. The highest BCUT2D eigenvalue weighted by atomic mass is 19.4. The molecule has 0 aromatic heterocycles. The monoisotopic (exact) mass is 286 g/mol. The standard InChI is InChI=1S/C14H17F3N2O/c15-14(16,17)11-5-3-4-10(8-11)9-19-7-2-1-6-12(19)13(18)20/h3-5,8,12H,1-2,6-7,9H2,(H2,18,20). The van der Waals surface area contributed by atoms with Crippen LogP contribution in [0.25, 0.3) is 0 Å². The number of carbonyl (C=O) groups is 1. The number of halogens is 3. The van der Waals surface area contributed by atoms with Crippen molar-refractivity contribution in [2.75, 3.05) is 6.54 Å². The molecular weight excluding hydrogens is 269 g/mol. The van der Waals surface area contributed by atoms with Gasteiger partial charge in [0.1, 0.15) is 0 Å². The van der Waals surface area contributed by atoms with Crippen LogP contribution in [-0.4, -0.2) is 23.4 Å².